The second kappa shape index (κ2) is 8.91. The number of hydrogen-bond acceptors (Lipinski definition) is 4. The van der Waals surface area contributed by atoms with Gasteiger partial charge in [-0.05, 0) is 36.4 Å². The first kappa shape index (κ1) is 23.4. The minimum absolute atomic E-state index is 0.00206. The van der Waals surface area contributed by atoms with E-state index < -0.39 is 23.3 Å². The molecule has 1 unspecified atom stereocenters. The molecular formula is C23H15Cl3F2N2O3. The van der Waals surface area contributed by atoms with E-state index >= 15 is 0 Å². The van der Waals surface area contributed by atoms with Crippen molar-refractivity contribution in [1.82, 2.24) is 5.01 Å². The third kappa shape index (κ3) is 4.17. The molecule has 4 rings (SSSR count). The second-order valence-corrected chi connectivity index (χ2v) is 8.48. The lowest BCUT2D eigenvalue weighted by atomic mass is 9.94. The monoisotopic (exact) mass is 510 g/mol. The van der Waals surface area contributed by atoms with Gasteiger partial charge in [0.1, 0.15) is 0 Å². The number of carbonyl (C=O) groups is 1. The van der Waals surface area contributed by atoms with Crippen LogP contribution in [0.5, 0.6) is 5.75 Å². The van der Waals surface area contributed by atoms with Crippen LogP contribution in [0.1, 0.15) is 27.9 Å². The maximum atomic E-state index is 14.7. The third-order valence-corrected chi connectivity index (χ3v) is 6.04. The first-order valence-corrected chi connectivity index (χ1v) is 10.7. The molecule has 10 heteroatoms. The van der Waals surface area contributed by atoms with Gasteiger partial charge in [-0.1, -0.05) is 53.0 Å². The molecule has 1 aliphatic heterocycles. The smallest absolute Gasteiger partial charge is 0.277 e. The van der Waals surface area contributed by atoms with Crippen molar-refractivity contribution in [3.05, 3.63) is 98.0 Å². The van der Waals surface area contributed by atoms with Crippen molar-refractivity contribution < 1.29 is 23.4 Å². The summed E-state index contributed by atoms with van der Waals surface area (Å²) in [6, 6.07) is 12.2. The Labute approximate surface area is 202 Å². The zero-order chi connectivity index (χ0) is 23.9. The fourth-order valence-electron chi connectivity index (χ4n) is 3.58. The summed E-state index contributed by atoms with van der Waals surface area (Å²) in [6.07, 6.45) is -0.310. The molecule has 33 heavy (non-hydrogen) atoms. The quantitative estimate of drug-likeness (QED) is 0.465. The van der Waals surface area contributed by atoms with Crippen LogP contribution in [0.2, 0.25) is 15.1 Å². The van der Waals surface area contributed by atoms with E-state index in [0.717, 1.165) is 11.1 Å². The number of hydrazone groups is 1. The Morgan fingerprint density at radius 2 is 1.85 bits per heavy atom. The molecule has 1 amide bonds. The van der Waals surface area contributed by atoms with Crippen LogP contribution < -0.4 is 4.74 Å². The molecule has 0 spiro atoms. The Bertz CT molecular complexity index is 1300. The number of ether oxygens (including phenoxy) is 1. The Morgan fingerprint density at radius 3 is 2.52 bits per heavy atom. The van der Waals surface area contributed by atoms with E-state index in [1.165, 1.54) is 55.6 Å². The van der Waals surface area contributed by atoms with Gasteiger partial charge in [-0.15, -0.1) is 0 Å². The number of methoxy groups -OCH3 is 1. The van der Waals surface area contributed by atoms with Crippen molar-refractivity contribution >= 4 is 46.4 Å². The summed E-state index contributed by atoms with van der Waals surface area (Å²) in [7, 11) is 1.29. The SMILES string of the molecule is COc1ccc(C(=O)N2N=C(c3cccc(Cl)c3F)CC2(O)c2ccc(Cl)cc2Cl)cc1F. The van der Waals surface area contributed by atoms with Crippen molar-refractivity contribution in [2.24, 2.45) is 5.10 Å². The number of benzene rings is 3. The Balaban J connectivity index is 1.86. The predicted octanol–water partition coefficient (Wildman–Crippen LogP) is 6.03. The lowest BCUT2D eigenvalue weighted by Gasteiger charge is -2.32. The summed E-state index contributed by atoms with van der Waals surface area (Å²) < 4.78 is 33.9. The molecule has 3 aromatic carbocycles. The molecule has 3 aromatic rings. The van der Waals surface area contributed by atoms with Crippen LogP contribution in [0.15, 0.2) is 59.7 Å². The van der Waals surface area contributed by atoms with Gasteiger partial charge in [0.2, 0.25) is 0 Å². The normalized spacial score (nSPS) is 17.8. The summed E-state index contributed by atoms with van der Waals surface area (Å²) in [5.74, 6) is -2.44. The van der Waals surface area contributed by atoms with Crippen LogP contribution in [0, 0.1) is 11.6 Å². The number of amides is 1. The van der Waals surface area contributed by atoms with Crippen molar-refractivity contribution in [3.63, 3.8) is 0 Å². The number of halogens is 5. The molecule has 0 saturated heterocycles. The fraction of sp³-hybridized carbons (Fsp3) is 0.130. The lowest BCUT2D eigenvalue weighted by molar-refractivity contribution is -0.0764. The Hall–Kier alpha value is -2.71. The number of aliphatic hydroxyl groups is 1. The van der Waals surface area contributed by atoms with Crippen LogP contribution in [0.3, 0.4) is 0 Å². The molecular weight excluding hydrogens is 497 g/mol. The van der Waals surface area contributed by atoms with E-state index in [4.69, 9.17) is 39.5 Å². The second-order valence-electron chi connectivity index (χ2n) is 7.23. The molecule has 170 valence electrons. The number of hydrogen-bond donors (Lipinski definition) is 1. The minimum atomic E-state index is -2.11. The fourth-order valence-corrected chi connectivity index (χ4v) is 4.32. The Kier molecular flexibility index (Phi) is 6.33. The molecule has 0 saturated carbocycles. The van der Waals surface area contributed by atoms with Crippen molar-refractivity contribution in [2.75, 3.05) is 7.11 Å². The van der Waals surface area contributed by atoms with Gasteiger partial charge >= 0.3 is 0 Å². The van der Waals surface area contributed by atoms with E-state index in [0.29, 0.717) is 5.02 Å². The third-order valence-electron chi connectivity index (χ3n) is 5.20. The molecule has 5 nitrogen and oxygen atoms in total. The van der Waals surface area contributed by atoms with Crippen LogP contribution >= 0.6 is 34.8 Å². The van der Waals surface area contributed by atoms with E-state index in [2.05, 4.69) is 5.10 Å². The molecule has 1 N–H and O–H groups in total. The lowest BCUT2D eigenvalue weighted by Crippen LogP contribution is -2.43. The molecule has 1 heterocycles. The molecule has 0 aromatic heterocycles. The van der Waals surface area contributed by atoms with Crippen molar-refractivity contribution in [1.29, 1.82) is 0 Å². The van der Waals surface area contributed by atoms with Crippen molar-refractivity contribution in [2.45, 2.75) is 12.1 Å². The van der Waals surface area contributed by atoms with Gasteiger partial charge in [0.05, 0.1) is 22.9 Å². The van der Waals surface area contributed by atoms with Crippen LogP contribution in [-0.4, -0.2) is 28.8 Å². The highest BCUT2D eigenvalue weighted by Gasteiger charge is 2.48. The van der Waals surface area contributed by atoms with E-state index in [1.54, 1.807) is 0 Å². The van der Waals surface area contributed by atoms with Crippen LogP contribution in [0.25, 0.3) is 0 Å². The number of nitrogens with zero attached hydrogens (tertiary/aromatic N) is 2. The highest BCUT2D eigenvalue weighted by Crippen LogP contribution is 2.42. The van der Waals surface area contributed by atoms with Crippen molar-refractivity contribution in [3.8, 4) is 5.75 Å². The summed E-state index contributed by atoms with van der Waals surface area (Å²) in [5.41, 5.74) is -2.07. The summed E-state index contributed by atoms with van der Waals surface area (Å²) in [4.78, 5) is 13.4. The van der Waals surface area contributed by atoms with Gasteiger partial charge in [0.15, 0.2) is 23.1 Å². The maximum absolute atomic E-state index is 14.7. The topological polar surface area (TPSA) is 62.1 Å². The largest absolute Gasteiger partial charge is 0.494 e. The molecule has 0 fully saturated rings. The average molecular weight is 512 g/mol. The molecule has 1 aliphatic rings. The van der Waals surface area contributed by atoms with Gasteiger partial charge in [-0.3, -0.25) is 4.79 Å². The Morgan fingerprint density at radius 1 is 1.09 bits per heavy atom. The van der Waals surface area contributed by atoms with Crippen LogP contribution in [0.4, 0.5) is 8.78 Å². The number of rotatable bonds is 4. The summed E-state index contributed by atoms with van der Waals surface area (Å²) in [6.45, 7) is 0. The average Bonchev–Trinajstić information content (AvgIpc) is 3.12. The maximum Gasteiger partial charge on any atom is 0.277 e. The molecule has 0 radical (unpaired) electrons. The van der Waals surface area contributed by atoms with Gasteiger partial charge < -0.3 is 9.84 Å². The molecule has 1 atom stereocenters. The van der Waals surface area contributed by atoms with Crippen LogP contribution in [-0.2, 0) is 5.72 Å². The summed E-state index contributed by atoms with van der Waals surface area (Å²) in [5, 5.41) is 16.9. The minimum Gasteiger partial charge on any atom is -0.494 e. The van der Waals surface area contributed by atoms with Gasteiger partial charge in [-0.25, -0.2) is 8.78 Å². The van der Waals surface area contributed by atoms with E-state index in [-0.39, 0.29) is 44.6 Å². The van der Waals surface area contributed by atoms with E-state index in [1.807, 2.05) is 0 Å². The zero-order valence-electron chi connectivity index (χ0n) is 17.0. The van der Waals surface area contributed by atoms with Gasteiger partial charge in [0.25, 0.3) is 5.91 Å². The van der Waals surface area contributed by atoms with E-state index in [9.17, 15) is 18.7 Å². The zero-order valence-corrected chi connectivity index (χ0v) is 19.2. The first-order chi connectivity index (χ1) is 15.7. The standard InChI is InChI=1S/C23H15Cl3F2N2O3/c1-33-20-8-5-12(9-18(20)27)22(31)30-23(32,15-7-6-13(24)10-17(15)26)11-19(29-30)14-3-2-4-16(25)21(14)28/h2-10,32H,11H2,1H3. The number of carbonyl (C=O) groups excluding carboxylic acids is 1. The first-order valence-electron chi connectivity index (χ1n) is 9.53. The highest BCUT2D eigenvalue weighted by atomic mass is 35.5. The summed E-state index contributed by atoms with van der Waals surface area (Å²) >= 11 is 18.2. The van der Waals surface area contributed by atoms with Gasteiger partial charge in [-0.2, -0.15) is 10.1 Å². The molecule has 0 aliphatic carbocycles. The predicted molar refractivity (Wildman–Crippen MR) is 122 cm³/mol. The highest BCUT2D eigenvalue weighted by molar-refractivity contribution is 6.35. The van der Waals surface area contributed by atoms with Gasteiger partial charge in [0, 0.05) is 28.1 Å². The molecule has 0 bridgehead atoms.